The number of likely N-dealkylation sites (tertiary alicyclic amines) is 1. The van der Waals surface area contributed by atoms with Crippen LogP contribution < -0.4 is 4.74 Å². The molecule has 0 N–H and O–H groups in total. The van der Waals surface area contributed by atoms with Gasteiger partial charge in [0.1, 0.15) is 0 Å². The monoisotopic (exact) mass is 589 g/mol. The van der Waals surface area contributed by atoms with Gasteiger partial charge in [0.05, 0.1) is 48.8 Å². The second kappa shape index (κ2) is 12.5. The first-order valence-corrected chi connectivity index (χ1v) is 14.2. The van der Waals surface area contributed by atoms with Crippen LogP contribution in [0.2, 0.25) is 0 Å². The van der Waals surface area contributed by atoms with Crippen LogP contribution >= 0.6 is 0 Å². The van der Waals surface area contributed by atoms with Gasteiger partial charge in [-0.25, -0.2) is 14.2 Å². The van der Waals surface area contributed by atoms with Gasteiger partial charge >= 0.3 is 12.1 Å². The average Bonchev–Trinajstić information content (AvgIpc) is 2.97. The molecular formula is C31H35F4N3O4. The van der Waals surface area contributed by atoms with Crippen LogP contribution in [0.15, 0.2) is 36.4 Å². The van der Waals surface area contributed by atoms with E-state index in [1.54, 1.807) is 13.8 Å². The molecule has 5 rings (SSSR count). The number of alkyl halides is 3. The Morgan fingerprint density at radius 1 is 1.10 bits per heavy atom. The largest absolute Gasteiger partial charge is 0.488 e. The van der Waals surface area contributed by atoms with Crippen LogP contribution in [0, 0.1) is 5.82 Å². The third kappa shape index (κ3) is 6.53. The number of esters is 1. The number of aromatic nitrogens is 1. The number of halogens is 4. The number of hydrogen-bond acceptors (Lipinski definition) is 7. The number of carbonyl (C=O) groups is 1. The van der Waals surface area contributed by atoms with Gasteiger partial charge < -0.3 is 14.2 Å². The molecule has 7 nitrogen and oxygen atoms in total. The number of fused-ring (bicyclic) bond motifs is 1. The highest BCUT2D eigenvalue weighted by atomic mass is 19.4. The number of methoxy groups -OCH3 is 1. The van der Waals surface area contributed by atoms with Crippen LogP contribution in [0.4, 0.5) is 17.6 Å². The predicted octanol–water partition coefficient (Wildman–Crippen LogP) is 5.93. The topological polar surface area (TPSA) is 64.1 Å². The summed E-state index contributed by atoms with van der Waals surface area (Å²) >= 11 is 0. The fourth-order valence-corrected chi connectivity index (χ4v) is 5.83. The highest BCUT2D eigenvalue weighted by molar-refractivity contribution is 6.06. The number of pyridine rings is 1. The fourth-order valence-electron chi connectivity index (χ4n) is 5.83. The van der Waals surface area contributed by atoms with Gasteiger partial charge in [0, 0.05) is 48.3 Å². The van der Waals surface area contributed by atoms with E-state index < -0.39 is 23.5 Å². The van der Waals surface area contributed by atoms with Crippen LogP contribution in [0.3, 0.4) is 0 Å². The second-order valence-electron chi connectivity index (χ2n) is 11.0. The molecule has 2 aliphatic heterocycles. The van der Waals surface area contributed by atoms with Crippen molar-refractivity contribution in [1.29, 1.82) is 0 Å². The van der Waals surface area contributed by atoms with E-state index >= 15 is 4.39 Å². The lowest BCUT2D eigenvalue weighted by Crippen LogP contribution is -2.48. The van der Waals surface area contributed by atoms with E-state index in [9.17, 15) is 18.0 Å². The number of nitrogens with zero attached hydrogens (tertiary/aromatic N) is 3. The van der Waals surface area contributed by atoms with Gasteiger partial charge in [-0.3, -0.25) is 9.80 Å². The van der Waals surface area contributed by atoms with Crippen molar-refractivity contribution in [1.82, 2.24) is 14.8 Å². The van der Waals surface area contributed by atoms with Crippen molar-refractivity contribution in [3.05, 3.63) is 58.9 Å². The number of carbonyl (C=O) groups excluding carboxylic acids is 1. The lowest BCUT2D eigenvalue weighted by Gasteiger charge is -2.40. The van der Waals surface area contributed by atoms with Crippen molar-refractivity contribution in [3.8, 4) is 17.0 Å². The summed E-state index contributed by atoms with van der Waals surface area (Å²) in [6.45, 7) is 8.38. The van der Waals surface area contributed by atoms with Crippen molar-refractivity contribution < 1.29 is 36.6 Å². The number of hydrogen-bond donors (Lipinski definition) is 0. The summed E-state index contributed by atoms with van der Waals surface area (Å²) in [6, 6.07) is 7.86. The summed E-state index contributed by atoms with van der Waals surface area (Å²) in [4.78, 5) is 22.6. The molecule has 0 radical (unpaired) electrons. The molecule has 2 aliphatic rings. The molecule has 226 valence electrons. The first kappa shape index (κ1) is 30.2. The summed E-state index contributed by atoms with van der Waals surface area (Å²) in [5.41, 5.74) is 0.282. The molecule has 0 atom stereocenters. The zero-order valence-electron chi connectivity index (χ0n) is 24.0. The Bertz CT molecular complexity index is 1430. The Balaban J connectivity index is 1.61. The van der Waals surface area contributed by atoms with E-state index in [1.165, 1.54) is 31.4 Å². The standard InChI is InChI=1S/C31H35F4N3O4/c1-19(2)42-27-17-26-23(16-25(27)32)28(30(39)40-3)24(29(36-26)20-5-4-6-21(15-20)31(33,34)35)18-37-9-7-22(8-10-37)38-11-13-41-14-12-38/h4-6,15-17,19,22H,7-14,18H2,1-3H3. The molecule has 0 unspecified atom stereocenters. The summed E-state index contributed by atoms with van der Waals surface area (Å²) in [5.74, 6) is -1.45. The van der Waals surface area contributed by atoms with E-state index in [0.29, 0.717) is 24.8 Å². The molecule has 0 aliphatic carbocycles. The van der Waals surface area contributed by atoms with Crippen molar-refractivity contribution in [2.24, 2.45) is 0 Å². The van der Waals surface area contributed by atoms with Gasteiger partial charge in [-0.05, 0) is 58.0 Å². The quantitative estimate of drug-likeness (QED) is 0.250. The second-order valence-corrected chi connectivity index (χ2v) is 11.0. The first-order chi connectivity index (χ1) is 20.0. The minimum atomic E-state index is -4.57. The molecule has 42 heavy (non-hydrogen) atoms. The van der Waals surface area contributed by atoms with Crippen LogP contribution in [0.25, 0.3) is 22.2 Å². The van der Waals surface area contributed by atoms with Crippen LogP contribution in [0.1, 0.15) is 48.2 Å². The minimum absolute atomic E-state index is 0.0613. The smallest absolute Gasteiger partial charge is 0.416 e. The molecule has 0 bridgehead atoms. The molecule has 3 aromatic rings. The minimum Gasteiger partial charge on any atom is -0.488 e. The Kier molecular flexibility index (Phi) is 9.00. The predicted molar refractivity (Wildman–Crippen MR) is 150 cm³/mol. The average molecular weight is 590 g/mol. The third-order valence-corrected chi connectivity index (χ3v) is 7.86. The maximum absolute atomic E-state index is 15.2. The highest BCUT2D eigenvalue weighted by Crippen LogP contribution is 2.38. The molecule has 2 aromatic carbocycles. The highest BCUT2D eigenvalue weighted by Gasteiger charge is 2.32. The Hall–Kier alpha value is -3.28. The van der Waals surface area contributed by atoms with Crippen molar-refractivity contribution in [3.63, 3.8) is 0 Å². The molecule has 0 saturated carbocycles. The van der Waals surface area contributed by atoms with Gasteiger partial charge in [0.25, 0.3) is 0 Å². The maximum Gasteiger partial charge on any atom is 0.416 e. The SMILES string of the molecule is COC(=O)c1c(CN2CCC(N3CCOCC3)CC2)c(-c2cccc(C(F)(F)F)c2)nc2cc(OC(C)C)c(F)cc12. The fraction of sp³-hybridized carbons (Fsp3) is 0.484. The van der Waals surface area contributed by atoms with Crippen molar-refractivity contribution >= 4 is 16.9 Å². The summed E-state index contributed by atoms with van der Waals surface area (Å²) < 4.78 is 72.5. The maximum atomic E-state index is 15.2. The van der Waals surface area contributed by atoms with Gasteiger partial charge in [-0.1, -0.05) is 12.1 Å². The molecule has 1 aromatic heterocycles. The Morgan fingerprint density at radius 2 is 1.81 bits per heavy atom. The van der Waals surface area contributed by atoms with Gasteiger partial charge in [0.2, 0.25) is 0 Å². The van der Waals surface area contributed by atoms with Gasteiger partial charge in [-0.15, -0.1) is 0 Å². The zero-order chi connectivity index (χ0) is 30.0. The van der Waals surface area contributed by atoms with E-state index in [4.69, 9.17) is 19.2 Å². The number of ether oxygens (including phenoxy) is 3. The Labute approximate surface area is 242 Å². The number of morpholine rings is 1. The number of benzene rings is 2. The lowest BCUT2D eigenvalue weighted by atomic mass is 9.94. The Morgan fingerprint density at radius 3 is 2.45 bits per heavy atom. The summed E-state index contributed by atoms with van der Waals surface area (Å²) in [7, 11) is 1.22. The van der Waals surface area contributed by atoms with Crippen LogP contribution in [-0.4, -0.2) is 79.4 Å². The molecule has 0 spiro atoms. The van der Waals surface area contributed by atoms with Crippen molar-refractivity contribution in [2.45, 2.75) is 51.6 Å². The van der Waals surface area contributed by atoms with Gasteiger partial charge in [-0.2, -0.15) is 13.2 Å². The zero-order valence-corrected chi connectivity index (χ0v) is 24.0. The molecule has 3 heterocycles. The number of piperidine rings is 1. The van der Waals surface area contributed by atoms with E-state index in [1.807, 2.05) is 0 Å². The molecular weight excluding hydrogens is 554 g/mol. The molecule has 11 heteroatoms. The summed E-state index contributed by atoms with van der Waals surface area (Å²) in [5, 5.41) is 0.212. The molecule has 2 saturated heterocycles. The van der Waals surface area contributed by atoms with E-state index in [-0.39, 0.29) is 46.1 Å². The first-order valence-electron chi connectivity index (χ1n) is 14.2. The lowest BCUT2D eigenvalue weighted by molar-refractivity contribution is -0.137. The normalized spacial score (nSPS) is 17.6. The van der Waals surface area contributed by atoms with Crippen LogP contribution in [0.5, 0.6) is 5.75 Å². The van der Waals surface area contributed by atoms with Crippen LogP contribution in [-0.2, 0) is 22.2 Å². The van der Waals surface area contributed by atoms with E-state index in [0.717, 1.165) is 51.2 Å². The molecule has 2 fully saturated rings. The molecule has 0 amide bonds. The van der Waals surface area contributed by atoms with E-state index in [2.05, 4.69) is 9.80 Å². The third-order valence-electron chi connectivity index (χ3n) is 7.86. The van der Waals surface area contributed by atoms with Gasteiger partial charge in [0.15, 0.2) is 11.6 Å². The van der Waals surface area contributed by atoms with Crippen molar-refractivity contribution in [2.75, 3.05) is 46.5 Å². The number of rotatable bonds is 7. The summed E-state index contributed by atoms with van der Waals surface area (Å²) in [6.07, 6.45) is -3.10.